The fourth-order valence-corrected chi connectivity index (χ4v) is 3.94. The average molecular weight is 339 g/mol. The van der Waals surface area contributed by atoms with Gasteiger partial charge in [-0.05, 0) is 11.6 Å². The molecule has 0 spiro atoms. The van der Waals surface area contributed by atoms with Crippen molar-refractivity contribution in [3.05, 3.63) is 47.7 Å². The molecule has 6 nitrogen and oxygen atoms in total. The minimum atomic E-state index is -0.449. The smallest absolute Gasteiger partial charge is 0.245 e. The Kier molecular flexibility index (Phi) is 3.84. The molecular weight excluding hydrogens is 318 g/mol. The number of hydrogen-bond acceptors (Lipinski definition) is 3. The van der Waals surface area contributed by atoms with Crippen LogP contribution < -0.4 is 0 Å². The monoisotopic (exact) mass is 339 g/mol. The number of aromatic nitrogens is 1. The Morgan fingerprint density at radius 1 is 1.32 bits per heavy atom. The van der Waals surface area contributed by atoms with E-state index in [2.05, 4.69) is 11.1 Å². The molecule has 2 amide bonds. The zero-order valence-corrected chi connectivity index (χ0v) is 14.4. The molecule has 4 rings (SSSR count). The Morgan fingerprint density at radius 3 is 2.92 bits per heavy atom. The summed E-state index contributed by atoms with van der Waals surface area (Å²) in [5.74, 6) is -0.0239. The van der Waals surface area contributed by atoms with Crippen LogP contribution in [0, 0.1) is 0 Å². The molecule has 1 N–H and O–H groups in total. The van der Waals surface area contributed by atoms with Crippen molar-refractivity contribution in [2.45, 2.75) is 18.5 Å². The first-order valence-electron chi connectivity index (χ1n) is 8.43. The van der Waals surface area contributed by atoms with E-state index in [1.165, 1.54) is 4.90 Å². The molecule has 0 aliphatic carbocycles. The maximum absolute atomic E-state index is 12.7. The number of methoxy groups -OCH3 is 1. The number of fused-ring (bicyclic) bond motifs is 4. The van der Waals surface area contributed by atoms with E-state index in [0.29, 0.717) is 13.0 Å². The summed E-state index contributed by atoms with van der Waals surface area (Å²) in [6.45, 7) is 0.589. The maximum atomic E-state index is 12.7. The lowest BCUT2D eigenvalue weighted by atomic mass is 9.89. The van der Waals surface area contributed by atoms with Crippen LogP contribution in [0.2, 0.25) is 0 Å². The molecule has 1 saturated heterocycles. The zero-order chi connectivity index (χ0) is 17.6. The van der Waals surface area contributed by atoms with E-state index in [1.807, 2.05) is 30.4 Å². The summed E-state index contributed by atoms with van der Waals surface area (Å²) >= 11 is 0. The van der Waals surface area contributed by atoms with E-state index in [9.17, 15) is 9.59 Å². The quantitative estimate of drug-likeness (QED) is 0.865. The van der Waals surface area contributed by atoms with Gasteiger partial charge in [-0.25, -0.2) is 0 Å². The molecule has 2 aliphatic heterocycles. The van der Waals surface area contributed by atoms with Crippen molar-refractivity contribution in [1.82, 2.24) is 14.8 Å². The summed E-state index contributed by atoms with van der Waals surface area (Å²) in [5, 5.41) is 1.12. The van der Waals surface area contributed by atoms with Crippen LogP contribution in [0.5, 0.6) is 0 Å². The van der Waals surface area contributed by atoms with Crippen LogP contribution in [-0.2, 0) is 20.7 Å². The third kappa shape index (κ3) is 2.44. The molecule has 2 atom stereocenters. The molecule has 0 bridgehead atoms. The number of benzene rings is 1. The zero-order valence-electron chi connectivity index (χ0n) is 14.4. The van der Waals surface area contributed by atoms with Gasteiger partial charge in [-0.15, -0.1) is 0 Å². The molecular formula is C19H21N3O3. The number of likely N-dealkylation sites (N-methyl/N-ethyl adjacent to an activating group) is 1. The van der Waals surface area contributed by atoms with Crippen molar-refractivity contribution in [3.63, 3.8) is 0 Å². The van der Waals surface area contributed by atoms with Gasteiger partial charge in [0.05, 0.1) is 19.2 Å². The Morgan fingerprint density at radius 2 is 2.12 bits per heavy atom. The lowest BCUT2D eigenvalue weighted by Gasteiger charge is -2.45. The third-order valence-electron chi connectivity index (χ3n) is 5.08. The second-order valence-electron chi connectivity index (χ2n) is 6.61. The van der Waals surface area contributed by atoms with Gasteiger partial charge in [0, 0.05) is 37.2 Å². The number of aromatic amines is 1. The highest BCUT2D eigenvalue weighted by Gasteiger charge is 2.45. The second-order valence-corrected chi connectivity index (χ2v) is 6.61. The van der Waals surface area contributed by atoms with Gasteiger partial charge in [0.1, 0.15) is 6.04 Å². The summed E-state index contributed by atoms with van der Waals surface area (Å²) in [6, 6.07) is 7.35. The van der Waals surface area contributed by atoms with Crippen LogP contribution in [0.25, 0.3) is 10.9 Å². The molecule has 1 aromatic carbocycles. The minimum Gasteiger partial charge on any atom is -0.381 e. The van der Waals surface area contributed by atoms with Gasteiger partial charge < -0.3 is 19.5 Å². The van der Waals surface area contributed by atoms with Crippen LogP contribution in [0.1, 0.15) is 17.3 Å². The molecule has 2 aromatic rings. The number of hydrogen-bond donors (Lipinski definition) is 1. The van der Waals surface area contributed by atoms with Crippen molar-refractivity contribution in [2.75, 3.05) is 27.3 Å². The van der Waals surface area contributed by atoms with Gasteiger partial charge in [0.2, 0.25) is 11.8 Å². The van der Waals surface area contributed by atoms with E-state index in [4.69, 9.17) is 4.74 Å². The number of carbonyl (C=O) groups excluding carboxylic acids is 2. The molecule has 130 valence electrons. The van der Waals surface area contributed by atoms with Gasteiger partial charge in [-0.3, -0.25) is 9.59 Å². The lowest BCUT2D eigenvalue weighted by molar-refractivity contribution is -0.157. The molecule has 0 radical (unpaired) electrons. The van der Waals surface area contributed by atoms with E-state index in [1.54, 1.807) is 19.1 Å². The molecule has 1 fully saturated rings. The lowest BCUT2D eigenvalue weighted by Crippen LogP contribution is -2.61. The van der Waals surface area contributed by atoms with Crippen LogP contribution in [0.4, 0.5) is 0 Å². The van der Waals surface area contributed by atoms with Crippen molar-refractivity contribution >= 4 is 22.7 Å². The van der Waals surface area contributed by atoms with E-state index in [0.717, 1.165) is 22.2 Å². The van der Waals surface area contributed by atoms with Gasteiger partial charge in [-0.2, -0.15) is 0 Å². The first kappa shape index (κ1) is 15.9. The number of H-pyrrole nitrogens is 1. The molecule has 0 saturated carbocycles. The SMILES string of the molecule is COC/C=C/[C@@H]1c2[nH]c3ccccc3c2C[C@@H]2C(=O)N(C)CC(=O)N21. The summed E-state index contributed by atoms with van der Waals surface area (Å²) in [6.07, 6.45) is 4.40. The fourth-order valence-electron chi connectivity index (χ4n) is 3.94. The number of rotatable bonds is 3. The Labute approximate surface area is 146 Å². The number of amides is 2. The standard InChI is InChI=1S/C19H21N3O3/c1-21-11-17(23)22-15(8-5-9-25-2)18-13(10-16(22)19(21)24)12-6-3-4-7-14(12)20-18/h3-8,15-16,20H,9-11H2,1-2H3/b8-5+/t15-,16-/m1/s1. The number of piperazine rings is 1. The predicted molar refractivity (Wildman–Crippen MR) is 94.0 cm³/mol. The van der Waals surface area contributed by atoms with Crippen LogP contribution in [-0.4, -0.2) is 59.9 Å². The molecule has 25 heavy (non-hydrogen) atoms. The predicted octanol–water partition coefficient (Wildman–Crippen LogP) is 1.64. The van der Waals surface area contributed by atoms with Crippen LogP contribution in [0.15, 0.2) is 36.4 Å². The number of ether oxygens (including phenoxy) is 1. The van der Waals surface area contributed by atoms with Crippen LogP contribution >= 0.6 is 0 Å². The number of nitrogens with one attached hydrogen (secondary N) is 1. The maximum Gasteiger partial charge on any atom is 0.245 e. The minimum absolute atomic E-state index is 0.000623. The first-order chi connectivity index (χ1) is 12.1. The third-order valence-corrected chi connectivity index (χ3v) is 5.08. The molecule has 2 aliphatic rings. The fraction of sp³-hybridized carbons (Fsp3) is 0.368. The molecule has 0 unspecified atom stereocenters. The highest BCUT2D eigenvalue weighted by molar-refractivity contribution is 5.97. The van der Waals surface area contributed by atoms with Crippen molar-refractivity contribution in [3.8, 4) is 0 Å². The molecule has 1 aromatic heterocycles. The molecule has 3 heterocycles. The Hall–Kier alpha value is -2.60. The highest BCUT2D eigenvalue weighted by Crippen LogP contribution is 2.39. The van der Waals surface area contributed by atoms with Gasteiger partial charge in [0.15, 0.2) is 0 Å². The number of para-hydroxylation sites is 1. The summed E-state index contributed by atoms with van der Waals surface area (Å²) in [5.41, 5.74) is 3.15. The summed E-state index contributed by atoms with van der Waals surface area (Å²) < 4.78 is 5.11. The van der Waals surface area contributed by atoms with Crippen molar-refractivity contribution in [1.29, 1.82) is 0 Å². The van der Waals surface area contributed by atoms with Crippen molar-refractivity contribution < 1.29 is 14.3 Å². The average Bonchev–Trinajstić information content (AvgIpc) is 2.98. The van der Waals surface area contributed by atoms with Crippen LogP contribution in [0.3, 0.4) is 0 Å². The largest absolute Gasteiger partial charge is 0.381 e. The summed E-state index contributed by atoms with van der Waals surface area (Å²) in [4.78, 5) is 32.1. The topological polar surface area (TPSA) is 65.6 Å². The van der Waals surface area contributed by atoms with E-state index in [-0.39, 0.29) is 24.4 Å². The van der Waals surface area contributed by atoms with Gasteiger partial charge in [0.25, 0.3) is 0 Å². The van der Waals surface area contributed by atoms with E-state index >= 15 is 0 Å². The van der Waals surface area contributed by atoms with Gasteiger partial charge in [-0.1, -0.05) is 30.4 Å². The first-order valence-corrected chi connectivity index (χ1v) is 8.43. The van der Waals surface area contributed by atoms with E-state index < -0.39 is 6.04 Å². The number of carbonyl (C=O) groups is 2. The highest BCUT2D eigenvalue weighted by atomic mass is 16.5. The molecule has 6 heteroatoms. The Bertz CT molecular complexity index is 870. The Balaban J connectivity index is 1.87. The van der Waals surface area contributed by atoms with Gasteiger partial charge >= 0.3 is 0 Å². The normalized spacial score (nSPS) is 23.4. The summed E-state index contributed by atoms with van der Waals surface area (Å²) in [7, 11) is 3.32. The number of nitrogens with zero attached hydrogens (tertiary/aromatic N) is 2. The second kappa shape index (κ2) is 6.04. The van der Waals surface area contributed by atoms with Crippen molar-refractivity contribution in [2.24, 2.45) is 0 Å².